The Hall–Kier alpha value is -0.0500. The largest absolute Gasteiger partial charge is 0.466 e. The van der Waals surface area contributed by atoms with Crippen LogP contribution in [0.4, 0.5) is 0 Å². The first-order valence-corrected chi connectivity index (χ1v) is 13.6. The van der Waals surface area contributed by atoms with Crippen LogP contribution in [-0.4, -0.2) is 17.9 Å². The molecule has 0 N–H and O–H groups in total. The lowest BCUT2D eigenvalue weighted by Crippen LogP contribution is -2.10. The van der Waals surface area contributed by atoms with E-state index in [4.69, 9.17) is 4.74 Å². The zero-order valence-electron chi connectivity index (χ0n) is 19.1. The third-order valence-corrected chi connectivity index (χ3v) is 6.30. The van der Waals surface area contributed by atoms with Gasteiger partial charge in [-0.3, -0.25) is 4.79 Å². The summed E-state index contributed by atoms with van der Waals surface area (Å²) in [4.78, 5) is 11.9. The monoisotopic (exact) mass is 460 g/mol. The summed E-state index contributed by atoms with van der Waals surface area (Å²) in [6, 6.07) is 0. The smallest absolute Gasteiger partial charge is 0.305 e. The normalized spacial score (nSPS) is 11.3. The summed E-state index contributed by atoms with van der Waals surface area (Å²) in [5.41, 5.74) is 0. The van der Waals surface area contributed by atoms with Gasteiger partial charge in [-0.15, -0.1) is 0 Å². The van der Waals surface area contributed by atoms with E-state index in [1.54, 1.807) is 0 Å². The molecule has 0 aromatic rings. The van der Waals surface area contributed by atoms with Gasteiger partial charge >= 0.3 is 5.97 Å². The van der Waals surface area contributed by atoms with Gasteiger partial charge in [-0.25, -0.2) is 0 Å². The van der Waals surface area contributed by atoms with Crippen molar-refractivity contribution in [3.63, 3.8) is 0 Å². The van der Waals surface area contributed by atoms with Crippen molar-refractivity contribution >= 4 is 21.9 Å². The molecule has 28 heavy (non-hydrogen) atoms. The zero-order valence-corrected chi connectivity index (χ0v) is 20.7. The lowest BCUT2D eigenvalue weighted by molar-refractivity contribution is -0.144. The van der Waals surface area contributed by atoms with Gasteiger partial charge in [0.2, 0.25) is 0 Å². The van der Waals surface area contributed by atoms with Crippen LogP contribution in [0, 0.1) is 5.92 Å². The van der Waals surface area contributed by atoms with Gasteiger partial charge in [0.1, 0.15) is 0 Å². The highest BCUT2D eigenvalue weighted by Gasteiger charge is 2.11. The van der Waals surface area contributed by atoms with E-state index in [2.05, 4.69) is 29.8 Å². The summed E-state index contributed by atoms with van der Waals surface area (Å²) >= 11 is 3.43. The molecular formula is C25H49BrO2. The van der Waals surface area contributed by atoms with Crippen LogP contribution in [0.3, 0.4) is 0 Å². The van der Waals surface area contributed by atoms with Crippen molar-refractivity contribution in [2.45, 2.75) is 136 Å². The molecule has 0 radical (unpaired) electrons. The number of esters is 1. The van der Waals surface area contributed by atoms with Crippen molar-refractivity contribution in [2.24, 2.45) is 5.92 Å². The van der Waals surface area contributed by atoms with Crippen LogP contribution in [0.15, 0.2) is 0 Å². The van der Waals surface area contributed by atoms with Gasteiger partial charge < -0.3 is 4.74 Å². The van der Waals surface area contributed by atoms with Crippen molar-refractivity contribution in [3.8, 4) is 0 Å². The lowest BCUT2D eigenvalue weighted by Gasteiger charge is -2.17. The average Bonchev–Trinajstić information content (AvgIpc) is 2.70. The van der Waals surface area contributed by atoms with Crippen LogP contribution in [0.5, 0.6) is 0 Å². The molecule has 3 heteroatoms. The van der Waals surface area contributed by atoms with Gasteiger partial charge in [0.25, 0.3) is 0 Å². The van der Waals surface area contributed by atoms with Gasteiger partial charge in [0, 0.05) is 11.8 Å². The fourth-order valence-electron chi connectivity index (χ4n) is 3.81. The molecule has 0 amide bonds. The Morgan fingerprint density at radius 1 is 0.679 bits per heavy atom. The van der Waals surface area contributed by atoms with E-state index in [1.165, 1.54) is 89.9 Å². The summed E-state index contributed by atoms with van der Waals surface area (Å²) in [6.07, 6.45) is 23.9. The Morgan fingerprint density at radius 3 is 1.71 bits per heavy atom. The second-order valence-electron chi connectivity index (χ2n) is 8.49. The first-order valence-electron chi connectivity index (χ1n) is 12.5. The minimum Gasteiger partial charge on any atom is -0.466 e. The standard InChI is InChI=1S/C25H49BrO2/c1-3-5-7-9-11-14-18-24(19-15-12-10-8-6-4-2)21-23-28-25(27)20-16-13-17-22-26/h24H,3-23H2,1-2H3. The van der Waals surface area contributed by atoms with Gasteiger partial charge in [-0.05, 0) is 25.2 Å². The first kappa shape index (κ1) is 27.9. The molecule has 0 heterocycles. The maximum absolute atomic E-state index is 11.9. The number of hydrogen-bond donors (Lipinski definition) is 0. The van der Waals surface area contributed by atoms with Gasteiger partial charge in [-0.1, -0.05) is 126 Å². The fraction of sp³-hybridized carbons (Fsp3) is 0.960. The molecule has 0 unspecified atom stereocenters. The van der Waals surface area contributed by atoms with Crippen LogP contribution in [0.2, 0.25) is 0 Å². The average molecular weight is 462 g/mol. The molecule has 0 fully saturated rings. The van der Waals surface area contributed by atoms with Crippen molar-refractivity contribution in [3.05, 3.63) is 0 Å². The number of alkyl halides is 1. The molecular weight excluding hydrogens is 412 g/mol. The summed E-state index contributed by atoms with van der Waals surface area (Å²) in [5.74, 6) is 0.756. The number of unbranched alkanes of at least 4 members (excludes halogenated alkanes) is 12. The molecule has 0 saturated carbocycles. The number of carbonyl (C=O) groups excluding carboxylic acids is 1. The quantitative estimate of drug-likeness (QED) is 0.0913. The van der Waals surface area contributed by atoms with Crippen LogP contribution >= 0.6 is 15.9 Å². The third kappa shape index (κ3) is 20.7. The van der Waals surface area contributed by atoms with Gasteiger partial charge in [0.15, 0.2) is 0 Å². The predicted octanol–water partition coefficient (Wildman–Crippen LogP) is 8.99. The summed E-state index contributed by atoms with van der Waals surface area (Å²) in [6.45, 7) is 5.19. The van der Waals surface area contributed by atoms with E-state index < -0.39 is 0 Å². The minimum absolute atomic E-state index is 0.00690. The topological polar surface area (TPSA) is 26.3 Å². The van der Waals surface area contributed by atoms with Crippen molar-refractivity contribution in [2.75, 3.05) is 11.9 Å². The van der Waals surface area contributed by atoms with Crippen LogP contribution < -0.4 is 0 Å². The second kappa shape index (κ2) is 23.2. The number of hydrogen-bond acceptors (Lipinski definition) is 2. The molecule has 0 spiro atoms. The number of carbonyl (C=O) groups is 1. The Morgan fingerprint density at radius 2 is 1.18 bits per heavy atom. The molecule has 168 valence electrons. The van der Waals surface area contributed by atoms with Gasteiger partial charge in [-0.2, -0.15) is 0 Å². The van der Waals surface area contributed by atoms with E-state index in [1.807, 2.05) is 0 Å². The maximum Gasteiger partial charge on any atom is 0.305 e. The highest BCUT2D eigenvalue weighted by atomic mass is 79.9. The van der Waals surface area contributed by atoms with Crippen LogP contribution in [-0.2, 0) is 9.53 Å². The summed E-state index contributed by atoms with van der Waals surface area (Å²) in [5, 5.41) is 1.03. The lowest BCUT2D eigenvalue weighted by atomic mass is 9.91. The summed E-state index contributed by atoms with van der Waals surface area (Å²) in [7, 11) is 0. The van der Waals surface area contributed by atoms with Crippen molar-refractivity contribution < 1.29 is 9.53 Å². The first-order chi connectivity index (χ1) is 13.7. The molecule has 0 saturated heterocycles. The van der Waals surface area contributed by atoms with Crippen molar-refractivity contribution in [1.82, 2.24) is 0 Å². The molecule has 0 aromatic carbocycles. The molecule has 0 bridgehead atoms. The van der Waals surface area contributed by atoms with E-state index in [0.29, 0.717) is 13.0 Å². The molecule has 2 nitrogen and oxygen atoms in total. The molecule has 0 aliphatic carbocycles. The highest BCUT2D eigenvalue weighted by Crippen LogP contribution is 2.22. The summed E-state index contributed by atoms with van der Waals surface area (Å²) < 4.78 is 5.52. The van der Waals surface area contributed by atoms with Crippen molar-refractivity contribution in [1.29, 1.82) is 0 Å². The number of halogens is 1. The van der Waals surface area contributed by atoms with E-state index in [-0.39, 0.29) is 5.97 Å². The zero-order chi connectivity index (χ0) is 20.7. The maximum atomic E-state index is 11.9. The van der Waals surface area contributed by atoms with Crippen LogP contribution in [0.1, 0.15) is 136 Å². The third-order valence-electron chi connectivity index (χ3n) is 5.74. The van der Waals surface area contributed by atoms with Crippen LogP contribution in [0.25, 0.3) is 0 Å². The number of rotatable bonds is 22. The molecule has 0 aliphatic heterocycles. The Bertz CT molecular complexity index is 304. The molecule has 0 aliphatic rings. The van der Waals surface area contributed by atoms with E-state index >= 15 is 0 Å². The second-order valence-corrected chi connectivity index (χ2v) is 9.28. The minimum atomic E-state index is 0.00690. The Balaban J connectivity index is 3.94. The number of ether oxygens (including phenoxy) is 1. The Labute approximate surface area is 185 Å². The van der Waals surface area contributed by atoms with E-state index in [9.17, 15) is 4.79 Å². The predicted molar refractivity (Wildman–Crippen MR) is 127 cm³/mol. The Kier molecular flexibility index (Phi) is 23.2. The molecule has 0 rings (SSSR count). The van der Waals surface area contributed by atoms with E-state index in [0.717, 1.165) is 36.9 Å². The molecule has 0 aromatic heterocycles. The SMILES string of the molecule is CCCCCCCCC(CCCCCCCC)CCOC(=O)CCCCCBr. The van der Waals surface area contributed by atoms with Gasteiger partial charge in [0.05, 0.1) is 6.61 Å². The molecule has 0 atom stereocenters. The fourth-order valence-corrected chi connectivity index (χ4v) is 4.21. The highest BCUT2D eigenvalue weighted by molar-refractivity contribution is 9.09.